The van der Waals surface area contributed by atoms with Crippen molar-refractivity contribution in [3.05, 3.63) is 17.1 Å². The molecule has 0 bridgehead atoms. The van der Waals surface area contributed by atoms with Crippen LogP contribution in [-0.2, 0) is 17.8 Å². The Hall–Kier alpha value is -2.11. The van der Waals surface area contributed by atoms with Gasteiger partial charge in [0.2, 0.25) is 5.91 Å². The molecule has 0 aliphatic rings. The lowest BCUT2D eigenvalue weighted by molar-refractivity contribution is -0.118. The molecule has 0 unspecified atom stereocenters. The number of rotatable bonds is 7. The quantitative estimate of drug-likeness (QED) is 0.768. The molecule has 126 valence electrons. The highest BCUT2D eigenvalue weighted by molar-refractivity contribution is 5.88. The second-order valence-electron chi connectivity index (χ2n) is 6.02. The average molecular weight is 317 g/mol. The van der Waals surface area contributed by atoms with Gasteiger partial charge >= 0.3 is 0 Å². The maximum absolute atomic E-state index is 10.9. The van der Waals surface area contributed by atoms with Crippen molar-refractivity contribution in [3.8, 4) is 0 Å². The Kier molecular flexibility index (Phi) is 5.58. The first-order valence-electron chi connectivity index (χ1n) is 8.31. The molecule has 0 spiro atoms. The van der Waals surface area contributed by atoms with Crippen molar-refractivity contribution < 1.29 is 4.79 Å². The second kappa shape index (κ2) is 7.44. The van der Waals surface area contributed by atoms with Gasteiger partial charge in [-0.15, -0.1) is 0 Å². The second-order valence-corrected chi connectivity index (χ2v) is 6.02. The number of hydrogen-bond donors (Lipinski definition) is 2. The van der Waals surface area contributed by atoms with Gasteiger partial charge in [0.15, 0.2) is 5.82 Å². The van der Waals surface area contributed by atoms with Crippen LogP contribution in [0.25, 0.3) is 11.0 Å². The third-order valence-electron chi connectivity index (χ3n) is 4.13. The van der Waals surface area contributed by atoms with E-state index in [9.17, 15) is 4.79 Å². The Balaban J connectivity index is 2.28. The molecular weight excluding hydrogens is 290 g/mol. The summed E-state index contributed by atoms with van der Waals surface area (Å²) in [5, 5.41) is 2.84. The Bertz CT molecular complexity index is 705. The van der Waals surface area contributed by atoms with Crippen LogP contribution in [0.15, 0.2) is 0 Å². The zero-order valence-electron chi connectivity index (χ0n) is 14.6. The number of carbonyl (C=O) groups excluding carboxylic acids is 1. The number of carbonyl (C=O) groups is 1. The number of hydrogen-bond acceptors (Lipinski definition) is 4. The Morgan fingerprint density at radius 1 is 1.26 bits per heavy atom. The number of pyridine rings is 1. The van der Waals surface area contributed by atoms with Crippen LogP contribution >= 0.6 is 0 Å². The maximum atomic E-state index is 10.9. The van der Waals surface area contributed by atoms with Gasteiger partial charge in [-0.2, -0.15) is 0 Å². The van der Waals surface area contributed by atoms with E-state index in [0.29, 0.717) is 12.4 Å². The summed E-state index contributed by atoms with van der Waals surface area (Å²) in [5.41, 5.74) is 10.1. The zero-order chi connectivity index (χ0) is 17.0. The van der Waals surface area contributed by atoms with E-state index in [2.05, 4.69) is 28.7 Å². The lowest BCUT2D eigenvalue weighted by Gasteiger charge is -2.11. The predicted molar refractivity (Wildman–Crippen MR) is 93.3 cm³/mol. The van der Waals surface area contributed by atoms with Crippen LogP contribution < -0.4 is 11.1 Å². The van der Waals surface area contributed by atoms with E-state index in [-0.39, 0.29) is 5.91 Å². The Morgan fingerprint density at radius 3 is 2.65 bits per heavy atom. The molecular formula is C17H27N5O. The van der Waals surface area contributed by atoms with Crippen LogP contribution in [-0.4, -0.2) is 27.0 Å². The summed E-state index contributed by atoms with van der Waals surface area (Å²) < 4.78 is 2.28. The van der Waals surface area contributed by atoms with Crippen LogP contribution in [0.4, 0.5) is 5.82 Å². The largest absolute Gasteiger partial charge is 0.382 e. The van der Waals surface area contributed by atoms with Gasteiger partial charge < -0.3 is 15.6 Å². The Labute approximate surface area is 137 Å². The van der Waals surface area contributed by atoms with E-state index >= 15 is 0 Å². The molecule has 0 fully saturated rings. The number of nitrogens with zero attached hydrogens (tertiary/aromatic N) is 3. The predicted octanol–water partition coefficient (Wildman–Crippen LogP) is 2.50. The number of anilines is 1. The molecule has 0 aliphatic heterocycles. The van der Waals surface area contributed by atoms with Crippen molar-refractivity contribution in [2.75, 3.05) is 12.3 Å². The van der Waals surface area contributed by atoms with Gasteiger partial charge in [0.1, 0.15) is 11.3 Å². The first kappa shape index (κ1) is 17.2. The van der Waals surface area contributed by atoms with E-state index in [0.717, 1.165) is 60.3 Å². The number of aromatic nitrogens is 3. The van der Waals surface area contributed by atoms with Crippen molar-refractivity contribution in [1.82, 2.24) is 19.9 Å². The van der Waals surface area contributed by atoms with Crippen LogP contribution in [0.5, 0.6) is 0 Å². The first-order chi connectivity index (χ1) is 11.0. The summed E-state index contributed by atoms with van der Waals surface area (Å²) in [7, 11) is 0. The zero-order valence-corrected chi connectivity index (χ0v) is 14.6. The standard InChI is InChI=1S/C17H27N5O/c1-5-8-14-21-15-16(11(2)12(3)20-17(15)18)22(14)10-7-6-9-19-13(4)23/h5-10H2,1-4H3,(H2,18,20)(H,19,23). The fraction of sp³-hybridized carbons (Fsp3) is 0.588. The number of nitrogen functional groups attached to an aromatic ring is 1. The summed E-state index contributed by atoms with van der Waals surface area (Å²) in [6, 6.07) is 0. The number of aryl methyl sites for hydroxylation is 4. The van der Waals surface area contributed by atoms with Gasteiger partial charge in [-0.25, -0.2) is 9.97 Å². The normalized spacial score (nSPS) is 11.1. The van der Waals surface area contributed by atoms with E-state index in [4.69, 9.17) is 10.7 Å². The van der Waals surface area contributed by atoms with Gasteiger partial charge in [-0.3, -0.25) is 4.79 Å². The summed E-state index contributed by atoms with van der Waals surface area (Å²) in [6.45, 7) is 9.36. The summed E-state index contributed by atoms with van der Waals surface area (Å²) in [5.74, 6) is 1.61. The van der Waals surface area contributed by atoms with E-state index in [1.54, 1.807) is 6.92 Å². The fourth-order valence-electron chi connectivity index (χ4n) is 2.86. The summed E-state index contributed by atoms with van der Waals surface area (Å²) >= 11 is 0. The molecule has 6 heteroatoms. The van der Waals surface area contributed by atoms with Gasteiger partial charge in [0.05, 0.1) is 5.52 Å². The average Bonchev–Trinajstić information content (AvgIpc) is 2.84. The first-order valence-corrected chi connectivity index (χ1v) is 8.31. The molecule has 2 heterocycles. The van der Waals surface area contributed by atoms with E-state index < -0.39 is 0 Å². The molecule has 0 saturated carbocycles. The molecule has 0 aliphatic carbocycles. The van der Waals surface area contributed by atoms with Crippen molar-refractivity contribution in [1.29, 1.82) is 0 Å². The number of amides is 1. The SMILES string of the molecule is CCCc1nc2c(N)nc(C)c(C)c2n1CCCCNC(C)=O. The van der Waals surface area contributed by atoms with Crippen LogP contribution in [0, 0.1) is 13.8 Å². The van der Waals surface area contributed by atoms with E-state index in [1.165, 1.54) is 0 Å². The molecule has 1 amide bonds. The molecule has 2 aromatic heterocycles. The van der Waals surface area contributed by atoms with Crippen LogP contribution in [0.2, 0.25) is 0 Å². The third kappa shape index (κ3) is 3.81. The van der Waals surface area contributed by atoms with Gasteiger partial charge in [-0.05, 0) is 38.7 Å². The monoisotopic (exact) mass is 317 g/mol. The molecule has 2 rings (SSSR count). The Morgan fingerprint density at radius 2 is 2.00 bits per heavy atom. The van der Waals surface area contributed by atoms with Crippen LogP contribution in [0.3, 0.4) is 0 Å². The number of nitrogens with two attached hydrogens (primary N) is 1. The van der Waals surface area contributed by atoms with Gasteiger partial charge in [0, 0.05) is 32.1 Å². The number of nitrogens with one attached hydrogen (secondary N) is 1. The molecule has 0 radical (unpaired) electrons. The molecule has 23 heavy (non-hydrogen) atoms. The summed E-state index contributed by atoms with van der Waals surface area (Å²) in [6.07, 6.45) is 3.91. The molecule has 2 aromatic rings. The number of imidazole rings is 1. The number of fused-ring (bicyclic) bond motifs is 1. The fourth-order valence-corrected chi connectivity index (χ4v) is 2.86. The minimum Gasteiger partial charge on any atom is -0.382 e. The maximum Gasteiger partial charge on any atom is 0.216 e. The molecule has 0 aromatic carbocycles. The molecule has 0 atom stereocenters. The lowest BCUT2D eigenvalue weighted by atomic mass is 10.2. The van der Waals surface area contributed by atoms with Crippen LogP contribution in [0.1, 0.15) is 50.2 Å². The van der Waals surface area contributed by atoms with Crippen molar-refractivity contribution in [2.24, 2.45) is 0 Å². The minimum absolute atomic E-state index is 0.0232. The van der Waals surface area contributed by atoms with Crippen molar-refractivity contribution in [3.63, 3.8) is 0 Å². The molecule has 6 nitrogen and oxygen atoms in total. The van der Waals surface area contributed by atoms with E-state index in [1.807, 2.05) is 6.92 Å². The minimum atomic E-state index is 0.0232. The highest BCUT2D eigenvalue weighted by Gasteiger charge is 2.16. The highest BCUT2D eigenvalue weighted by Crippen LogP contribution is 2.26. The topological polar surface area (TPSA) is 85.8 Å². The number of unbranched alkanes of at least 4 members (excludes halogenated alkanes) is 1. The van der Waals surface area contributed by atoms with Crippen molar-refractivity contribution >= 4 is 22.8 Å². The smallest absolute Gasteiger partial charge is 0.216 e. The van der Waals surface area contributed by atoms with Gasteiger partial charge in [-0.1, -0.05) is 6.92 Å². The third-order valence-corrected chi connectivity index (χ3v) is 4.13. The summed E-state index contributed by atoms with van der Waals surface area (Å²) in [4.78, 5) is 20.1. The molecule has 0 saturated heterocycles. The highest BCUT2D eigenvalue weighted by atomic mass is 16.1. The van der Waals surface area contributed by atoms with Crippen molar-refractivity contribution in [2.45, 2.75) is 59.9 Å². The van der Waals surface area contributed by atoms with Gasteiger partial charge in [0.25, 0.3) is 0 Å². The molecule has 3 N–H and O–H groups in total. The lowest BCUT2D eigenvalue weighted by Crippen LogP contribution is -2.21.